The van der Waals surface area contributed by atoms with Crippen molar-refractivity contribution < 1.29 is 8.42 Å². The summed E-state index contributed by atoms with van der Waals surface area (Å²) in [4.78, 5) is 2.02. The fraction of sp³-hybridized carbons (Fsp3) is 0.778. The van der Waals surface area contributed by atoms with E-state index in [1.54, 1.807) is 11.8 Å². The molecule has 0 radical (unpaired) electrons. The average Bonchev–Trinajstić information content (AvgIpc) is 2.17. The molecule has 1 saturated heterocycles. The van der Waals surface area contributed by atoms with E-state index < -0.39 is 9.84 Å². The first-order chi connectivity index (χ1) is 7.05. The molecule has 88 valence electrons. The Morgan fingerprint density at radius 3 is 2.87 bits per heavy atom. The van der Waals surface area contributed by atoms with Crippen molar-refractivity contribution in [2.24, 2.45) is 0 Å². The highest BCUT2D eigenvalue weighted by Gasteiger charge is 2.29. The summed E-state index contributed by atoms with van der Waals surface area (Å²) in [6.07, 6.45) is 5.25. The van der Waals surface area contributed by atoms with Gasteiger partial charge in [-0.3, -0.25) is 4.90 Å². The van der Waals surface area contributed by atoms with E-state index in [9.17, 15) is 8.42 Å². The second-order valence-corrected chi connectivity index (χ2v) is 7.23. The highest BCUT2D eigenvalue weighted by molar-refractivity contribution is 8.00. The Labute approximate surface area is 102 Å². The van der Waals surface area contributed by atoms with Gasteiger partial charge >= 0.3 is 0 Å². The van der Waals surface area contributed by atoms with E-state index in [-0.39, 0.29) is 5.37 Å². The van der Waals surface area contributed by atoms with Gasteiger partial charge < -0.3 is 0 Å². The van der Waals surface area contributed by atoms with Crippen LogP contribution in [0.5, 0.6) is 0 Å². The summed E-state index contributed by atoms with van der Waals surface area (Å²) in [5.41, 5.74) is 0. The van der Waals surface area contributed by atoms with Crippen molar-refractivity contribution in [3.8, 4) is 0 Å². The smallest absolute Gasteiger partial charge is 0.164 e. The first-order valence-electron chi connectivity index (χ1n) is 4.82. The summed E-state index contributed by atoms with van der Waals surface area (Å²) in [6.45, 7) is 1.55. The fourth-order valence-electron chi connectivity index (χ4n) is 1.50. The van der Waals surface area contributed by atoms with E-state index in [4.69, 9.17) is 0 Å². The van der Waals surface area contributed by atoms with Crippen LogP contribution in [0.3, 0.4) is 0 Å². The van der Waals surface area contributed by atoms with Crippen molar-refractivity contribution in [2.75, 3.05) is 36.6 Å². The van der Waals surface area contributed by atoms with Gasteiger partial charge in [-0.15, -0.1) is 0 Å². The van der Waals surface area contributed by atoms with Gasteiger partial charge in [0.15, 0.2) is 9.84 Å². The van der Waals surface area contributed by atoms with E-state index in [1.165, 1.54) is 6.26 Å². The maximum Gasteiger partial charge on any atom is 0.164 e. The Balaban J connectivity index is 2.62. The van der Waals surface area contributed by atoms with E-state index in [0.717, 1.165) is 12.3 Å². The molecule has 3 nitrogen and oxygen atoms in total. The SMILES string of the molecule is CS(=O)(=O)C1CSCCN1CC=CCS. The van der Waals surface area contributed by atoms with Gasteiger partial charge in [-0.1, -0.05) is 12.2 Å². The van der Waals surface area contributed by atoms with Gasteiger partial charge in [0.05, 0.1) is 0 Å². The van der Waals surface area contributed by atoms with E-state index in [1.807, 2.05) is 17.1 Å². The van der Waals surface area contributed by atoms with E-state index in [0.29, 0.717) is 18.1 Å². The molecule has 0 amide bonds. The molecule has 1 aliphatic heterocycles. The van der Waals surface area contributed by atoms with Crippen LogP contribution >= 0.6 is 24.4 Å². The summed E-state index contributed by atoms with van der Waals surface area (Å²) in [5.74, 6) is 2.40. The Morgan fingerprint density at radius 2 is 2.27 bits per heavy atom. The summed E-state index contributed by atoms with van der Waals surface area (Å²) in [6, 6.07) is 0. The minimum absolute atomic E-state index is 0.319. The van der Waals surface area contributed by atoms with Crippen LogP contribution in [0.4, 0.5) is 0 Å². The molecule has 0 spiro atoms. The maximum absolute atomic E-state index is 11.5. The monoisotopic (exact) mass is 267 g/mol. The van der Waals surface area contributed by atoms with Crippen molar-refractivity contribution in [1.82, 2.24) is 4.90 Å². The van der Waals surface area contributed by atoms with E-state index >= 15 is 0 Å². The minimum atomic E-state index is -2.96. The van der Waals surface area contributed by atoms with Crippen LogP contribution in [0.15, 0.2) is 12.2 Å². The van der Waals surface area contributed by atoms with Crippen molar-refractivity contribution in [3.05, 3.63) is 12.2 Å². The summed E-state index contributed by atoms with van der Waals surface area (Å²) in [7, 11) is -2.96. The summed E-state index contributed by atoms with van der Waals surface area (Å²) >= 11 is 5.78. The van der Waals surface area contributed by atoms with Gasteiger partial charge in [-0.05, 0) is 0 Å². The van der Waals surface area contributed by atoms with E-state index in [2.05, 4.69) is 12.6 Å². The maximum atomic E-state index is 11.5. The molecule has 0 aromatic heterocycles. The Kier molecular flexibility index (Phi) is 5.52. The van der Waals surface area contributed by atoms with Gasteiger partial charge in [0.2, 0.25) is 0 Å². The normalized spacial score (nSPS) is 24.8. The van der Waals surface area contributed by atoms with Crippen molar-refractivity contribution >= 4 is 34.2 Å². The molecule has 0 aromatic rings. The molecule has 0 bridgehead atoms. The lowest BCUT2D eigenvalue weighted by Gasteiger charge is -2.33. The first kappa shape index (κ1) is 13.4. The topological polar surface area (TPSA) is 37.4 Å². The van der Waals surface area contributed by atoms with Crippen LogP contribution in [0.25, 0.3) is 0 Å². The van der Waals surface area contributed by atoms with Gasteiger partial charge in [0, 0.05) is 36.6 Å². The summed E-state index contributed by atoms with van der Waals surface area (Å²) in [5, 5.41) is -0.319. The van der Waals surface area contributed by atoms with Gasteiger partial charge in [-0.25, -0.2) is 8.42 Å². The molecular weight excluding hydrogens is 250 g/mol. The van der Waals surface area contributed by atoms with Crippen molar-refractivity contribution in [3.63, 3.8) is 0 Å². The Hall–Kier alpha value is 0.350. The second-order valence-electron chi connectivity index (χ2n) is 3.51. The van der Waals surface area contributed by atoms with Crippen LogP contribution in [-0.2, 0) is 9.84 Å². The summed E-state index contributed by atoms with van der Waals surface area (Å²) < 4.78 is 23.1. The number of thioether (sulfide) groups is 1. The van der Waals surface area contributed by atoms with Crippen LogP contribution in [0.2, 0.25) is 0 Å². The lowest BCUT2D eigenvalue weighted by atomic mass is 10.4. The number of hydrogen-bond acceptors (Lipinski definition) is 5. The zero-order valence-corrected chi connectivity index (χ0v) is 11.3. The molecule has 15 heavy (non-hydrogen) atoms. The predicted octanol–water partition coefficient (Wildman–Crippen LogP) is 0.892. The zero-order valence-electron chi connectivity index (χ0n) is 8.80. The van der Waals surface area contributed by atoms with Crippen molar-refractivity contribution in [2.45, 2.75) is 5.37 Å². The molecular formula is C9H17NO2S3. The molecule has 0 N–H and O–H groups in total. The first-order valence-corrected chi connectivity index (χ1v) is 8.56. The molecule has 0 aromatic carbocycles. The Bertz CT molecular complexity index is 313. The molecule has 1 heterocycles. The third-order valence-corrected chi connectivity index (χ3v) is 5.19. The molecule has 1 rings (SSSR count). The average molecular weight is 267 g/mol. The molecule has 1 fully saturated rings. The quantitative estimate of drug-likeness (QED) is 0.606. The predicted molar refractivity (Wildman–Crippen MR) is 70.5 cm³/mol. The molecule has 6 heteroatoms. The Morgan fingerprint density at radius 1 is 1.53 bits per heavy atom. The van der Waals surface area contributed by atoms with Crippen LogP contribution in [-0.4, -0.2) is 55.3 Å². The van der Waals surface area contributed by atoms with Crippen LogP contribution in [0.1, 0.15) is 0 Å². The number of hydrogen-bond donors (Lipinski definition) is 1. The zero-order chi connectivity index (χ0) is 11.3. The molecule has 1 atom stereocenters. The van der Waals surface area contributed by atoms with Gasteiger partial charge in [0.1, 0.15) is 5.37 Å². The van der Waals surface area contributed by atoms with Crippen LogP contribution in [0, 0.1) is 0 Å². The lowest BCUT2D eigenvalue weighted by molar-refractivity contribution is 0.299. The van der Waals surface area contributed by atoms with Gasteiger partial charge in [-0.2, -0.15) is 24.4 Å². The largest absolute Gasteiger partial charge is 0.282 e. The highest BCUT2D eigenvalue weighted by atomic mass is 32.2. The molecule has 0 saturated carbocycles. The number of rotatable bonds is 4. The third-order valence-electron chi connectivity index (χ3n) is 2.30. The molecule has 0 aliphatic carbocycles. The number of sulfone groups is 1. The molecule has 1 aliphatic rings. The second kappa shape index (κ2) is 6.18. The molecule has 1 unspecified atom stereocenters. The number of thiol groups is 1. The standard InChI is InChI=1S/C9H17NO2S3/c1-15(11,12)9-8-14-7-5-10(9)4-2-3-6-13/h2-3,9,13H,4-8H2,1H3. The minimum Gasteiger partial charge on any atom is -0.282 e. The number of nitrogens with zero attached hydrogens (tertiary/aromatic N) is 1. The fourth-order valence-corrected chi connectivity index (χ4v) is 4.61. The third kappa shape index (κ3) is 4.38. The van der Waals surface area contributed by atoms with Gasteiger partial charge in [0.25, 0.3) is 0 Å². The van der Waals surface area contributed by atoms with Crippen LogP contribution < -0.4 is 0 Å². The lowest BCUT2D eigenvalue weighted by Crippen LogP contribution is -2.46. The van der Waals surface area contributed by atoms with Crippen molar-refractivity contribution in [1.29, 1.82) is 0 Å². The highest BCUT2D eigenvalue weighted by Crippen LogP contribution is 2.19.